The van der Waals surface area contributed by atoms with Gasteiger partial charge in [0, 0.05) is 19.3 Å². The highest BCUT2D eigenvalue weighted by atomic mass is 35.5. The highest BCUT2D eigenvalue weighted by Crippen LogP contribution is 2.36. The number of carbonyl (C=O) groups is 2. The maximum atomic E-state index is 13.3. The second-order valence-electron chi connectivity index (χ2n) is 6.79. The van der Waals surface area contributed by atoms with E-state index in [4.69, 9.17) is 16.3 Å². The monoisotopic (exact) mass is 441 g/mol. The summed E-state index contributed by atoms with van der Waals surface area (Å²) in [6, 6.07) is 8.79. The zero-order chi connectivity index (χ0) is 21.7. The van der Waals surface area contributed by atoms with Gasteiger partial charge in [0.25, 0.3) is 5.91 Å². The van der Waals surface area contributed by atoms with Gasteiger partial charge in [-0.1, -0.05) is 23.7 Å². The molecule has 30 heavy (non-hydrogen) atoms. The number of halogens is 4. The quantitative estimate of drug-likeness (QED) is 0.706. The molecule has 0 spiro atoms. The number of esters is 1. The Hall–Kier alpha value is -2.81. The summed E-state index contributed by atoms with van der Waals surface area (Å²) in [6.07, 6.45) is -2.31. The lowest BCUT2D eigenvalue weighted by molar-refractivity contribution is -0.151. The van der Waals surface area contributed by atoms with E-state index in [0.29, 0.717) is 30.1 Å². The molecule has 10 heteroatoms. The first-order chi connectivity index (χ1) is 14.3. The number of alkyl halides is 3. The molecule has 160 valence electrons. The van der Waals surface area contributed by atoms with Crippen LogP contribution >= 0.6 is 11.6 Å². The van der Waals surface area contributed by atoms with Crippen LogP contribution in [0.15, 0.2) is 42.6 Å². The van der Waals surface area contributed by atoms with E-state index in [1.807, 2.05) is 0 Å². The zero-order valence-corrected chi connectivity index (χ0v) is 16.5. The van der Waals surface area contributed by atoms with E-state index in [2.05, 4.69) is 10.3 Å². The molecule has 1 aliphatic rings. The van der Waals surface area contributed by atoms with Gasteiger partial charge in [0.05, 0.1) is 22.2 Å². The SMILES string of the molecule is O=C(COC(=O)C1CCCN(c2ncccc2C(F)(F)F)C1)Nc1ccccc1Cl. The molecular weight excluding hydrogens is 423 g/mol. The summed E-state index contributed by atoms with van der Waals surface area (Å²) in [6.45, 7) is -0.139. The Labute approximate surface area is 176 Å². The number of aromatic nitrogens is 1. The molecule has 3 rings (SSSR count). The third-order valence-corrected chi connectivity index (χ3v) is 4.97. The van der Waals surface area contributed by atoms with Gasteiger partial charge in [-0.25, -0.2) is 4.98 Å². The summed E-state index contributed by atoms with van der Waals surface area (Å²) in [5, 5.41) is 2.88. The minimum atomic E-state index is -4.55. The van der Waals surface area contributed by atoms with Gasteiger partial charge in [-0.05, 0) is 37.1 Å². The second kappa shape index (κ2) is 9.34. The predicted octanol–water partition coefficient (Wildman–Crippen LogP) is 4.15. The first-order valence-electron chi connectivity index (χ1n) is 9.24. The number of anilines is 2. The Balaban J connectivity index is 1.59. The van der Waals surface area contributed by atoms with E-state index >= 15 is 0 Å². The molecule has 0 bridgehead atoms. The number of hydrogen-bond acceptors (Lipinski definition) is 5. The Kier molecular flexibility index (Phi) is 6.81. The van der Waals surface area contributed by atoms with E-state index in [9.17, 15) is 22.8 Å². The van der Waals surface area contributed by atoms with Crippen molar-refractivity contribution in [3.8, 4) is 0 Å². The van der Waals surface area contributed by atoms with Gasteiger partial charge in [0.2, 0.25) is 0 Å². The molecule has 0 saturated carbocycles. The maximum absolute atomic E-state index is 13.3. The van der Waals surface area contributed by atoms with Gasteiger partial charge in [0.1, 0.15) is 5.82 Å². The molecule has 1 N–H and O–H groups in total. The fourth-order valence-electron chi connectivity index (χ4n) is 3.24. The van der Waals surface area contributed by atoms with Crippen LogP contribution in [0, 0.1) is 5.92 Å². The zero-order valence-electron chi connectivity index (χ0n) is 15.8. The van der Waals surface area contributed by atoms with Gasteiger partial charge in [-0.15, -0.1) is 0 Å². The molecule has 1 aliphatic heterocycles. The fourth-order valence-corrected chi connectivity index (χ4v) is 3.42. The molecule has 2 aromatic rings. The van der Waals surface area contributed by atoms with Crippen molar-refractivity contribution in [2.45, 2.75) is 19.0 Å². The summed E-state index contributed by atoms with van der Waals surface area (Å²) in [4.78, 5) is 29.7. The van der Waals surface area contributed by atoms with E-state index in [1.165, 1.54) is 17.2 Å². The van der Waals surface area contributed by atoms with Crippen molar-refractivity contribution >= 4 is 35.0 Å². The van der Waals surface area contributed by atoms with Crippen LogP contribution in [0.3, 0.4) is 0 Å². The molecule has 2 heterocycles. The third kappa shape index (κ3) is 5.41. The van der Waals surface area contributed by atoms with E-state index < -0.39 is 36.1 Å². The van der Waals surface area contributed by atoms with Crippen LogP contribution in [0.25, 0.3) is 0 Å². The lowest BCUT2D eigenvalue weighted by Gasteiger charge is -2.33. The summed E-state index contributed by atoms with van der Waals surface area (Å²) >= 11 is 5.96. The third-order valence-electron chi connectivity index (χ3n) is 4.64. The molecule has 1 saturated heterocycles. The number of rotatable bonds is 5. The van der Waals surface area contributed by atoms with Crippen molar-refractivity contribution in [3.63, 3.8) is 0 Å². The summed E-state index contributed by atoms with van der Waals surface area (Å²) in [5.74, 6) is -2.07. The highest BCUT2D eigenvalue weighted by molar-refractivity contribution is 6.33. The van der Waals surface area contributed by atoms with Crippen molar-refractivity contribution in [1.82, 2.24) is 4.98 Å². The number of hydrogen-bond donors (Lipinski definition) is 1. The number of benzene rings is 1. The first kappa shape index (κ1) is 21.9. The minimum Gasteiger partial charge on any atom is -0.455 e. The van der Waals surface area contributed by atoms with Crippen LogP contribution in [0.2, 0.25) is 5.02 Å². The molecule has 6 nitrogen and oxygen atoms in total. The molecule has 1 aromatic carbocycles. The van der Waals surface area contributed by atoms with Crippen LogP contribution < -0.4 is 10.2 Å². The number of nitrogens with zero attached hydrogens (tertiary/aromatic N) is 2. The standard InChI is InChI=1S/C20H19ClF3N3O3/c21-15-7-1-2-8-16(15)26-17(28)12-30-19(29)13-5-4-10-27(11-13)18-14(20(22,23)24)6-3-9-25-18/h1-3,6-9,13H,4-5,10-12H2,(H,26,28). The lowest BCUT2D eigenvalue weighted by Crippen LogP contribution is -2.41. The normalized spacial score (nSPS) is 16.8. The average Bonchev–Trinajstić information content (AvgIpc) is 2.73. The topological polar surface area (TPSA) is 71.5 Å². The van der Waals surface area contributed by atoms with Gasteiger partial charge in [-0.3, -0.25) is 9.59 Å². The van der Waals surface area contributed by atoms with Crippen LogP contribution in [-0.2, 0) is 20.5 Å². The van der Waals surface area contributed by atoms with Crippen molar-refractivity contribution in [2.75, 3.05) is 29.9 Å². The number of carbonyl (C=O) groups excluding carboxylic acids is 2. The lowest BCUT2D eigenvalue weighted by atomic mass is 9.98. The Morgan fingerprint density at radius 2 is 2.00 bits per heavy atom. The largest absolute Gasteiger partial charge is 0.455 e. The molecule has 1 fully saturated rings. The summed E-state index contributed by atoms with van der Waals surface area (Å²) in [5.41, 5.74) is -0.461. The van der Waals surface area contributed by atoms with E-state index in [0.717, 1.165) is 6.07 Å². The van der Waals surface area contributed by atoms with Crippen LogP contribution in [-0.4, -0.2) is 36.6 Å². The maximum Gasteiger partial charge on any atom is 0.419 e. The number of nitrogens with one attached hydrogen (secondary N) is 1. The predicted molar refractivity (Wildman–Crippen MR) is 105 cm³/mol. The first-order valence-corrected chi connectivity index (χ1v) is 9.61. The van der Waals surface area contributed by atoms with Crippen molar-refractivity contribution in [1.29, 1.82) is 0 Å². The van der Waals surface area contributed by atoms with Crippen molar-refractivity contribution in [2.24, 2.45) is 5.92 Å². The van der Waals surface area contributed by atoms with Crippen molar-refractivity contribution in [3.05, 3.63) is 53.2 Å². The number of ether oxygens (including phenoxy) is 1. The summed E-state index contributed by atoms with van der Waals surface area (Å²) in [7, 11) is 0. The van der Waals surface area contributed by atoms with Crippen LogP contribution in [0.1, 0.15) is 18.4 Å². The Bertz CT molecular complexity index is 923. The molecular formula is C20H19ClF3N3O3. The van der Waals surface area contributed by atoms with Crippen molar-refractivity contribution < 1.29 is 27.5 Å². The molecule has 1 unspecified atom stereocenters. The fraction of sp³-hybridized carbons (Fsp3) is 0.350. The Morgan fingerprint density at radius 3 is 2.73 bits per heavy atom. The van der Waals surface area contributed by atoms with E-state index in [-0.39, 0.29) is 12.4 Å². The number of para-hydroxylation sites is 1. The van der Waals surface area contributed by atoms with Gasteiger partial charge >= 0.3 is 12.1 Å². The molecule has 1 aromatic heterocycles. The van der Waals surface area contributed by atoms with Gasteiger partial charge in [-0.2, -0.15) is 13.2 Å². The number of amides is 1. The van der Waals surface area contributed by atoms with Crippen LogP contribution in [0.4, 0.5) is 24.7 Å². The average molecular weight is 442 g/mol. The second-order valence-corrected chi connectivity index (χ2v) is 7.20. The Morgan fingerprint density at radius 1 is 1.23 bits per heavy atom. The highest BCUT2D eigenvalue weighted by Gasteiger charge is 2.37. The van der Waals surface area contributed by atoms with Gasteiger partial charge < -0.3 is 15.0 Å². The minimum absolute atomic E-state index is 0.0328. The summed E-state index contributed by atoms with van der Waals surface area (Å²) < 4.78 is 44.9. The van der Waals surface area contributed by atoms with Crippen LogP contribution in [0.5, 0.6) is 0 Å². The van der Waals surface area contributed by atoms with Gasteiger partial charge in [0.15, 0.2) is 6.61 Å². The molecule has 0 radical (unpaired) electrons. The molecule has 1 amide bonds. The molecule has 0 aliphatic carbocycles. The van der Waals surface area contributed by atoms with E-state index in [1.54, 1.807) is 24.3 Å². The molecule has 1 atom stereocenters. The smallest absolute Gasteiger partial charge is 0.419 e. The number of pyridine rings is 1. The number of piperidine rings is 1.